The minimum atomic E-state index is 0.0117. The highest BCUT2D eigenvalue weighted by Gasteiger charge is 2.30. The predicted octanol–water partition coefficient (Wildman–Crippen LogP) is 6.87. The van der Waals surface area contributed by atoms with Crippen LogP contribution in [0.3, 0.4) is 0 Å². The molecule has 1 aromatic carbocycles. The van der Waals surface area contributed by atoms with E-state index in [1.807, 2.05) is 6.08 Å². The van der Waals surface area contributed by atoms with E-state index in [1.54, 1.807) is 6.08 Å². The Morgan fingerprint density at radius 2 is 1.73 bits per heavy atom. The second kappa shape index (κ2) is 11.9. The number of allylic oxidation sites excluding steroid dienone is 2. The molecule has 162 valence electrons. The van der Waals surface area contributed by atoms with Crippen LogP contribution in [-0.2, 0) is 16.0 Å². The molecule has 0 amide bonds. The molecule has 2 aliphatic rings. The Balaban J connectivity index is 1.39. The number of benzene rings is 1. The first kappa shape index (κ1) is 22.6. The number of unbranched alkanes of at least 4 members (excludes halogenated alkanes) is 2. The zero-order valence-electron chi connectivity index (χ0n) is 18.5. The Morgan fingerprint density at radius 1 is 1.03 bits per heavy atom. The van der Waals surface area contributed by atoms with E-state index in [0.717, 1.165) is 51.4 Å². The molecule has 2 fully saturated rings. The first-order valence-electron chi connectivity index (χ1n) is 12.0. The van der Waals surface area contributed by atoms with Crippen molar-refractivity contribution in [3.05, 3.63) is 47.5 Å². The Kier molecular flexibility index (Phi) is 9.00. The van der Waals surface area contributed by atoms with Gasteiger partial charge in [-0.2, -0.15) is 5.26 Å². The van der Waals surface area contributed by atoms with Crippen molar-refractivity contribution in [2.45, 2.75) is 96.0 Å². The number of esters is 1. The van der Waals surface area contributed by atoms with Crippen LogP contribution in [0.5, 0.6) is 0 Å². The zero-order valence-corrected chi connectivity index (χ0v) is 18.5. The van der Waals surface area contributed by atoms with Crippen molar-refractivity contribution < 1.29 is 9.53 Å². The van der Waals surface area contributed by atoms with Crippen LogP contribution in [0, 0.1) is 23.2 Å². The maximum atomic E-state index is 12.6. The predicted molar refractivity (Wildman–Crippen MR) is 121 cm³/mol. The van der Waals surface area contributed by atoms with Gasteiger partial charge in [0.15, 0.2) is 0 Å². The Labute approximate surface area is 182 Å². The largest absolute Gasteiger partial charge is 0.462 e. The first-order valence-corrected chi connectivity index (χ1v) is 12.0. The molecule has 1 aromatic rings. The van der Waals surface area contributed by atoms with Gasteiger partial charge in [-0.05, 0) is 87.2 Å². The van der Waals surface area contributed by atoms with E-state index in [1.165, 1.54) is 36.8 Å². The molecule has 0 spiro atoms. The summed E-state index contributed by atoms with van der Waals surface area (Å²) in [4.78, 5) is 12.6. The maximum absolute atomic E-state index is 12.6. The highest BCUT2D eigenvalue weighted by Crippen LogP contribution is 2.36. The van der Waals surface area contributed by atoms with Crippen molar-refractivity contribution in [3.8, 4) is 6.07 Å². The summed E-state index contributed by atoms with van der Waals surface area (Å²) in [6.45, 7) is 2.25. The van der Waals surface area contributed by atoms with Gasteiger partial charge in [0.2, 0.25) is 0 Å². The summed E-state index contributed by atoms with van der Waals surface area (Å²) in [7, 11) is 0. The smallest absolute Gasteiger partial charge is 0.309 e. The molecule has 2 saturated carbocycles. The summed E-state index contributed by atoms with van der Waals surface area (Å²) < 4.78 is 5.90. The summed E-state index contributed by atoms with van der Waals surface area (Å²) in [5.41, 5.74) is 2.90. The average Bonchev–Trinajstić information content (AvgIpc) is 2.79. The number of aryl methyl sites for hydroxylation is 1. The number of ether oxygens (including phenoxy) is 1. The topological polar surface area (TPSA) is 50.1 Å². The van der Waals surface area contributed by atoms with Crippen LogP contribution in [0.15, 0.2) is 36.4 Å². The van der Waals surface area contributed by atoms with Crippen LogP contribution in [0.4, 0.5) is 0 Å². The lowest BCUT2D eigenvalue weighted by Gasteiger charge is -2.31. The minimum absolute atomic E-state index is 0.0117. The third-order valence-electron chi connectivity index (χ3n) is 7.03. The minimum Gasteiger partial charge on any atom is -0.462 e. The fourth-order valence-corrected chi connectivity index (χ4v) is 5.04. The molecular weight excluding hydrogens is 370 g/mol. The third kappa shape index (κ3) is 6.73. The van der Waals surface area contributed by atoms with Gasteiger partial charge in [-0.25, -0.2) is 0 Å². The SMILES string of the molecule is CCCCCc1ccc(C2CCC(OC(=O)C3CCC(/C=C/C#N)CC3)CC2)cc1. The fraction of sp³-hybridized carbons (Fsp3) is 0.630. The van der Waals surface area contributed by atoms with Crippen LogP contribution in [-0.4, -0.2) is 12.1 Å². The van der Waals surface area contributed by atoms with Gasteiger partial charge in [-0.3, -0.25) is 4.79 Å². The fourth-order valence-electron chi connectivity index (χ4n) is 5.04. The van der Waals surface area contributed by atoms with Gasteiger partial charge < -0.3 is 4.74 Å². The van der Waals surface area contributed by atoms with E-state index >= 15 is 0 Å². The Morgan fingerprint density at radius 3 is 2.37 bits per heavy atom. The lowest BCUT2D eigenvalue weighted by Crippen LogP contribution is -2.29. The van der Waals surface area contributed by atoms with E-state index in [2.05, 4.69) is 37.3 Å². The summed E-state index contributed by atoms with van der Waals surface area (Å²) in [6, 6.07) is 11.3. The number of carbonyl (C=O) groups is 1. The van der Waals surface area contributed by atoms with E-state index in [-0.39, 0.29) is 18.0 Å². The Hall–Kier alpha value is -2.08. The molecule has 0 aromatic heterocycles. The summed E-state index contributed by atoms with van der Waals surface area (Å²) in [6.07, 6.45) is 16.6. The molecule has 0 radical (unpaired) electrons. The van der Waals surface area contributed by atoms with Crippen LogP contribution in [0.2, 0.25) is 0 Å². The van der Waals surface area contributed by atoms with E-state index in [9.17, 15) is 4.79 Å². The zero-order chi connectivity index (χ0) is 21.2. The van der Waals surface area contributed by atoms with Crippen molar-refractivity contribution in [2.24, 2.45) is 11.8 Å². The number of hydrogen-bond acceptors (Lipinski definition) is 3. The molecule has 0 bridgehead atoms. The van der Waals surface area contributed by atoms with Crippen LogP contribution >= 0.6 is 0 Å². The molecule has 0 N–H and O–H groups in total. The number of carbonyl (C=O) groups excluding carboxylic acids is 1. The van der Waals surface area contributed by atoms with Crippen molar-refractivity contribution in [3.63, 3.8) is 0 Å². The van der Waals surface area contributed by atoms with Crippen LogP contribution in [0.1, 0.15) is 94.6 Å². The lowest BCUT2D eigenvalue weighted by molar-refractivity contribution is -0.157. The molecule has 3 heteroatoms. The van der Waals surface area contributed by atoms with Crippen LogP contribution in [0.25, 0.3) is 0 Å². The number of nitrogens with zero attached hydrogens (tertiary/aromatic N) is 1. The second-order valence-electron chi connectivity index (χ2n) is 9.21. The second-order valence-corrected chi connectivity index (χ2v) is 9.21. The van der Waals surface area contributed by atoms with Gasteiger partial charge in [-0.15, -0.1) is 0 Å². The monoisotopic (exact) mass is 407 g/mol. The molecule has 0 heterocycles. The first-order chi connectivity index (χ1) is 14.7. The molecule has 30 heavy (non-hydrogen) atoms. The number of hydrogen-bond donors (Lipinski definition) is 0. The molecule has 3 rings (SSSR count). The highest BCUT2D eigenvalue weighted by molar-refractivity contribution is 5.72. The van der Waals surface area contributed by atoms with Gasteiger partial charge in [0, 0.05) is 6.08 Å². The van der Waals surface area contributed by atoms with E-state index < -0.39 is 0 Å². The molecule has 0 unspecified atom stereocenters. The molecule has 3 nitrogen and oxygen atoms in total. The van der Waals surface area contributed by atoms with Crippen molar-refractivity contribution in [1.29, 1.82) is 5.26 Å². The normalized spacial score (nSPS) is 26.9. The maximum Gasteiger partial charge on any atom is 0.309 e. The van der Waals surface area contributed by atoms with Gasteiger partial charge in [-0.1, -0.05) is 50.1 Å². The van der Waals surface area contributed by atoms with Gasteiger partial charge >= 0.3 is 5.97 Å². The van der Waals surface area contributed by atoms with Gasteiger partial charge in [0.1, 0.15) is 6.10 Å². The third-order valence-corrected chi connectivity index (χ3v) is 7.03. The number of rotatable bonds is 8. The van der Waals surface area contributed by atoms with E-state index in [0.29, 0.717) is 11.8 Å². The molecule has 2 aliphatic carbocycles. The summed E-state index contributed by atoms with van der Waals surface area (Å²) in [5, 5.41) is 8.65. The molecule has 0 aliphatic heterocycles. The average molecular weight is 408 g/mol. The quantitative estimate of drug-likeness (QED) is 0.268. The van der Waals surface area contributed by atoms with E-state index in [4.69, 9.17) is 10.00 Å². The lowest BCUT2D eigenvalue weighted by atomic mass is 9.81. The van der Waals surface area contributed by atoms with Crippen molar-refractivity contribution in [2.75, 3.05) is 0 Å². The number of nitriles is 1. The van der Waals surface area contributed by atoms with Gasteiger partial charge in [0.25, 0.3) is 0 Å². The highest BCUT2D eigenvalue weighted by atomic mass is 16.5. The summed E-state index contributed by atoms with van der Waals surface area (Å²) >= 11 is 0. The molecule has 0 atom stereocenters. The van der Waals surface area contributed by atoms with Crippen molar-refractivity contribution in [1.82, 2.24) is 0 Å². The molecule has 0 saturated heterocycles. The Bertz CT molecular complexity index is 714. The van der Waals surface area contributed by atoms with Gasteiger partial charge in [0.05, 0.1) is 12.0 Å². The summed E-state index contributed by atoms with van der Waals surface area (Å²) in [5.74, 6) is 1.11. The van der Waals surface area contributed by atoms with Crippen molar-refractivity contribution >= 4 is 5.97 Å². The molecular formula is C27H37NO2. The standard InChI is InChI=1S/C27H37NO2/c1-2-3-4-6-21-8-12-23(13-9-21)24-16-18-26(19-17-24)30-27(29)25-14-10-22(11-15-25)7-5-20-28/h5,7-9,12-13,22,24-26H,2-4,6,10-11,14-19H2,1H3/b7-5+. The van der Waals surface area contributed by atoms with Crippen LogP contribution < -0.4 is 0 Å².